The van der Waals surface area contributed by atoms with Crippen LogP contribution in [0.2, 0.25) is 0 Å². The van der Waals surface area contributed by atoms with Crippen LogP contribution in [0.15, 0.2) is 23.8 Å². The highest BCUT2D eigenvalue weighted by atomic mass is 35.5. The van der Waals surface area contributed by atoms with E-state index in [4.69, 9.17) is 25.8 Å². The molecule has 0 aromatic carbocycles. The number of hydrogen-bond acceptors (Lipinski definition) is 15. The number of allylic oxidation sites excluding steroid dienone is 4. The highest BCUT2D eigenvalue weighted by Gasteiger charge is 2.76. The van der Waals surface area contributed by atoms with Crippen LogP contribution in [0.1, 0.15) is 121 Å². The van der Waals surface area contributed by atoms with Crippen molar-refractivity contribution in [3.63, 3.8) is 0 Å². The van der Waals surface area contributed by atoms with Crippen LogP contribution in [0.4, 0.5) is 4.39 Å². The van der Waals surface area contributed by atoms with E-state index in [2.05, 4.69) is 5.32 Å². The summed E-state index contributed by atoms with van der Waals surface area (Å²) in [7, 11) is 3.69. The van der Waals surface area contributed by atoms with E-state index in [1.165, 1.54) is 26.0 Å². The molecule has 0 spiro atoms. The molecule has 71 heavy (non-hydrogen) atoms. The molecule has 16 nitrogen and oxygen atoms in total. The topological polar surface area (TPSA) is 239 Å². The molecule has 0 aromatic rings. The summed E-state index contributed by atoms with van der Waals surface area (Å²) in [5, 5.41) is 87.5. The first-order valence-corrected chi connectivity index (χ1v) is 26.5. The van der Waals surface area contributed by atoms with Gasteiger partial charge in [0.05, 0.1) is 40.8 Å². The quantitative estimate of drug-likeness (QED) is 0.0939. The molecule has 5 fully saturated rings. The van der Waals surface area contributed by atoms with Gasteiger partial charge in [-0.05, 0) is 135 Å². The molecular weight excluding hydrogens is 941 g/mol. The highest BCUT2D eigenvalue weighted by Crippen LogP contribution is 2.71. The Bertz CT molecular complexity index is 2010. The summed E-state index contributed by atoms with van der Waals surface area (Å²) in [5.74, 6) is -5.90. The number of aliphatic hydroxyl groups excluding tert-OH is 4. The zero-order valence-corrected chi connectivity index (χ0v) is 45.1. The predicted octanol–water partition coefficient (Wildman–Crippen LogP) is 3.42. The molecule has 6 aliphatic rings. The van der Waals surface area contributed by atoms with Crippen molar-refractivity contribution >= 4 is 29.3 Å². The second kappa shape index (κ2) is 21.1. The van der Waals surface area contributed by atoms with Gasteiger partial charge in [-0.3, -0.25) is 19.3 Å². The molecule has 406 valence electrons. The van der Waals surface area contributed by atoms with Crippen molar-refractivity contribution in [2.75, 3.05) is 33.7 Å². The molecule has 6 rings (SSSR count). The Labute approximate surface area is 425 Å². The maximum atomic E-state index is 16.2. The number of hydrogen-bond donors (Lipinski definition) is 8. The van der Waals surface area contributed by atoms with E-state index in [0.717, 1.165) is 0 Å². The first-order valence-electron chi connectivity index (χ1n) is 26.1. The fraction of sp³-hybridized carbons (Fsp3) is 0.868. The molecule has 0 aromatic heterocycles. The number of likely N-dealkylation sites (N-methyl/N-ethyl adjacent to an activating group) is 1. The molecule has 23 atom stereocenters. The Kier molecular flexibility index (Phi) is 17.3. The van der Waals surface area contributed by atoms with Crippen molar-refractivity contribution in [2.45, 2.75) is 210 Å². The van der Waals surface area contributed by atoms with E-state index in [1.54, 1.807) is 54.5 Å². The van der Waals surface area contributed by atoms with Gasteiger partial charge in [-0.2, -0.15) is 0 Å². The van der Waals surface area contributed by atoms with E-state index >= 15 is 4.39 Å². The Morgan fingerprint density at radius 2 is 1.61 bits per heavy atom. The van der Waals surface area contributed by atoms with Gasteiger partial charge in [0.1, 0.15) is 30.1 Å². The largest absolute Gasteiger partial charge is 0.459 e. The number of halogens is 2. The van der Waals surface area contributed by atoms with E-state index in [-0.39, 0.29) is 74.7 Å². The molecule has 18 heteroatoms. The third-order valence-corrected chi connectivity index (χ3v) is 19.7. The number of ketones is 1. The van der Waals surface area contributed by atoms with E-state index in [1.807, 2.05) is 37.7 Å². The van der Waals surface area contributed by atoms with E-state index < -0.39 is 129 Å². The van der Waals surface area contributed by atoms with Gasteiger partial charge in [0.25, 0.3) is 5.91 Å². The lowest BCUT2D eigenvalue weighted by Crippen LogP contribution is -2.70. The number of cyclic esters (lactones) is 1. The van der Waals surface area contributed by atoms with Crippen molar-refractivity contribution in [1.82, 2.24) is 15.1 Å². The van der Waals surface area contributed by atoms with Gasteiger partial charge in [-0.15, -0.1) is 11.6 Å². The number of esters is 1. The van der Waals surface area contributed by atoms with Crippen LogP contribution in [0.3, 0.4) is 0 Å². The number of fused-ring (bicyclic) bond motifs is 5. The molecule has 4 aliphatic carbocycles. The van der Waals surface area contributed by atoms with Crippen LogP contribution in [-0.4, -0.2) is 186 Å². The molecule has 2 saturated heterocycles. The number of aliphatic hydroxyl groups is 7. The van der Waals surface area contributed by atoms with Crippen LogP contribution in [0.25, 0.3) is 0 Å². The zero-order valence-electron chi connectivity index (χ0n) is 44.3. The van der Waals surface area contributed by atoms with Crippen LogP contribution in [0.5, 0.6) is 0 Å². The Morgan fingerprint density at radius 1 is 0.958 bits per heavy atom. The normalized spacial score (nSPS) is 50.2. The lowest BCUT2D eigenvalue weighted by molar-refractivity contribution is -0.299. The molecule has 1 amide bonds. The smallest absolute Gasteiger partial charge is 0.311 e. The predicted molar refractivity (Wildman–Crippen MR) is 264 cm³/mol. The Hall–Kier alpha value is -2.13. The number of ether oxygens (including phenoxy) is 3. The average molecular weight is 1030 g/mol. The third kappa shape index (κ3) is 10.1. The molecule has 2 heterocycles. The lowest BCUT2D eigenvalue weighted by atomic mass is 9.45. The monoisotopic (exact) mass is 1030 g/mol. The number of alkyl halides is 2. The summed E-state index contributed by atoms with van der Waals surface area (Å²) in [6.45, 7) is 19.3. The summed E-state index contributed by atoms with van der Waals surface area (Å²) in [5.41, 5.74) is -7.78. The second-order valence-corrected chi connectivity index (χ2v) is 24.7. The highest BCUT2D eigenvalue weighted by molar-refractivity contribution is 6.26. The van der Waals surface area contributed by atoms with Gasteiger partial charge in [0, 0.05) is 48.5 Å². The van der Waals surface area contributed by atoms with E-state index in [0.29, 0.717) is 19.3 Å². The number of rotatable bonds is 9. The summed E-state index contributed by atoms with van der Waals surface area (Å²) >= 11 is 7.53. The standard InChI is InChI=1S/C53H87ClFN3O13/c1-14-40-51(11,67)43(63)32(7)58(26-27(2)24-50(10,66)44(30(5)41(61)31(6)45(64)70-40)71-46-42(62)38(57(12)13)21-29(4)69-46)19-15-18-56-47(65)53(68)28(3)20-34-35-23-37(55)36-22-33(59)16-17-48(36,8)52(35,54)39(60)25-49(34,53)9/h16-17,22,27-32,34-35,37-44,46,60-63,66-68H,14-15,18-21,23-26H2,1-13H3,(H,56,65)/t27-,28-,29?,30+,31-,32-,34?,35?,37+,38-,39+,40-,41+,42?,43-,44?,46?,48+,49+,50-,51-,52+,53+/m1/s1. The lowest BCUT2D eigenvalue weighted by Gasteiger charge is -2.64. The molecule has 0 radical (unpaired) electrons. The number of nitrogens with one attached hydrogen (secondary N) is 1. The van der Waals surface area contributed by atoms with Crippen molar-refractivity contribution in [3.8, 4) is 0 Å². The van der Waals surface area contributed by atoms with Gasteiger partial charge in [-0.25, -0.2) is 4.39 Å². The molecule has 8 N–H and O–H groups in total. The number of amides is 1. The van der Waals surface area contributed by atoms with Gasteiger partial charge in [0.15, 0.2) is 17.7 Å². The molecule has 2 aliphatic heterocycles. The van der Waals surface area contributed by atoms with Gasteiger partial charge in [0.2, 0.25) is 0 Å². The Balaban J connectivity index is 1.23. The third-order valence-electron chi connectivity index (χ3n) is 18.8. The summed E-state index contributed by atoms with van der Waals surface area (Å²) in [6, 6.07) is -1.11. The maximum absolute atomic E-state index is 16.2. The summed E-state index contributed by atoms with van der Waals surface area (Å²) in [4.78, 5) is 43.1. The average Bonchev–Trinajstić information content (AvgIpc) is 3.49. The van der Waals surface area contributed by atoms with Crippen molar-refractivity contribution in [3.05, 3.63) is 23.8 Å². The van der Waals surface area contributed by atoms with Crippen LogP contribution < -0.4 is 5.32 Å². The van der Waals surface area contributed by atoms with Crippen LogP contribution in [-0.2, 0) is 28.6 Å². The SMILES string of the molecule is CC[C@H]1OC(=O)[C@H](C)[C@@H](O)[C@H](C)C(OC2OC(C)C[C@@H](N(C)C)C2O)[C@](C)(O)C[C@@H](C)CN(CCCNC(=O)[C@@]2(O)[C@H](C)CC3C4C[C@H](F)C5=CC(=O)C=C[C@]5(C)[C@@]4(Cl)[C@@H](O)C[C@@]32C)[C@H](C)[C@@H](O)[C@]1(C)O. The fourth-order valence-electron chi connectivity index (χ4n) is 14.5. The fourth-order valence-corrected chi connectivity index (χ4v) is 15.0. The summed E-state index contributed by atoms with van der Waals surface area (Å²) < 4.78 is 34.7. The number of carbonyl (C=O) groups is 3. The van der Waals surface area contributed by atoms with E-state index in [9.17, 15) is 50.1 Å². The Morgan fingerprint density at radius 3 is 2.23 bits per heavy atom. The van der Waals surface area contributed by atoms with Gasteiger partial charge >= 0.3 is 5.97 Å². The van der Waals surface area contributed by atoms with Crippen LogP contribution >= 0.6 is 11.6 Å². The first kappa shape index (κ1) is 58.1. The molecule has 3 saturated carbocycles. The number of nitrogens with zero attached hydrogens (tertiary/aromatic N) is 2. The van der Waals surface area contributed by atoms with Gasteiger partial charge in [-0.1, -0.05) is 47.6 Å². The van der Waals surface area contributed by atoms with Crippen molar-refractivity contribution < 1.29 is 68.7 Å². The zero-order chi connectivity index (χ0) is 53.3. The van der Waals surface area contributed by atoms with Crippen LogP contribution in [0, 0.1) is 46.3 Å². The summed E-state index contributed by atoms with van der Waals surface area (Å²) in [6.07, 6.45) is -5.12. The molecular formula is C53H87ClFN3O13. The second-order valence-electron chi connectivity index (χ2n) is 24.0. The minimum atomic E-state index is -1.97. The maximum Gasteiger partial charge on any atom is 0.311 e. The minimum absolute atomic E-state index is 0.0427. The van der Waals surface area contributed by atoms with Crippen molar-refractivity contribution in [1.29, 1.82) is 0 Å². The minimum Gasteiger partial charge on any atom is -0.459 e. The molecule has 0 bridgehead atoms. The van der Waals surface area contributed by atoms with Crippen molar-refractivity contribution in [2.24, 2.45) is 46.3 Å². The first-order chi connectivity index (χ1) is 32.8. The molecule has 6 unspecified atom stereocenters. The number of carbonyl (C=O) groups excluding carboxylic acids is 3. The van der Waals surface area contributed by atoms with Gasteiger partial charge < -0.3 is 60.2 Å².